The van der Waals surface area contributed by atoms with Crippen LogP contribution in [0.4, 0.5) is 0 Å². The zero-order valence-corrected chi connectivity index (χ0v) is 16.7. The summed E-state index contributed by atoms with van der Waals surface area (Å²) in [6, 6.07) is 4.51. The molecule has 0 aliphatic rings. The van der Waals surface area contributed by atoms with E-state index in [2.05, 4.69) is 69.8 Å². The first-order valence-corrected chi connectivity index (χ1v) is 9.12. The Labute approximate surface area is 157 Å². The van der Waals surface area contributed by atoms with Crippen LogP contribution in [0.1, 0.15) is 107 Å². The number of Topliss-reactive ketones (excluding diaryl/α,β-unsaturated/α-hetero) is 1. The molecule has 0 heterocycles. The molecule has 126 valence electrons. The van der Waals surface area contributed by atoms with E-state index in [-0.39, 0.29) is 29.8 Å². The van der Waals surface area contributed by atoms with Gasteiger partial charge >= 0.3 is 18.9 Å². The molecule has 0 saturated carbocycles. The summed E-state index contributed by atoms with van der Waals surface area (Å²) in [5, 5.41) is -0.382. The first-order chi connectivity index (χ1) is 10.0. The van der Waals surface area contributed by atoms with Crippen molar-refractivity contribution in [3.05, 3.63) is 34.4 Å². The second kappa shape index (κ2) is 8.85. The molecule has 0 bridgehead atoms. The van der Waals surface area contributed by atoms with E-state index in [9.17, 15) is 4.79 Å². The Morgan fingerprint density at radius 3 is 1.65 bits per heavy atom. The third kappa shape index (κ3) is 5.19. The van der Waals surface area contributed by atoms with E-state index in [1.165, 1.54) is 16.7 Å². The van der Waals surface area contributed by atoms with Gasteiger partial charge in [0.2, 0.25) is 0 Å². The summed E-state index contributed by atoms with van der Waals surface area (Å²) in [6.07, 6.45) is 0.831. The topological polar surface area (TPSA) is 17.1 Å². The number of rotatable bonds is 6. The van der Waals surface area contributed by atoms with Crippen molar-refractivity contribution in [2.24, 2.45) is 0 Å². The van der Waals surface area contributed by atoms with Crippen molar-refractivity contribution in [2.45, 2.75) is 84.7 Å². The fourth-order valence-corrected chi connectivity index (χ4v) is 2.81. The Hall–Kier alpha value is -0.0826. The van der Waals surface area contributed by atoms with Crippen LogP contribution in [-0.2, 0) is 0 Å². The van der Waals surface area contributed by atoms with Gasteiger partial charge in [0.05, 0.1) is 0 Å². The van der Waals surface area contributed by atoms with Gasteiger partial charge in [-0.2, -0.15) is 0 Å². The van der Waals surface area contributed by atoms with Crippen LogP contribution in [0.25, 0.3) is 0 Å². The number of ketones is 1. The average Bonchev–Trinajstić information content (AvgIpc) is 2.44. The molecule has 0 N–H and O–H groups in total. The molecule has 0 aromatic heterocycles. The molecule has 3 heteroatoms. The summed E-state index contributed by atoms with van der Waals surface area (Å²) in [5.74, 6) is 1.45. The van der Waals surface area contributed by atoms with Crippen LogP contribution in [0, 0.1) is 0 Å². The molecule has 0 radical (unpaired) electrons. The fraction of sp³-hybridized carbons (Fsp3) is 0.650. The van der Waals surface area contributed by atoms with E-state index in [1.54, 1.807) is 0 Å². The summed E-state index contributed by atoms with van der Waals surface area (Å²) in [6.45, 7) is 17.3. The van der Waals surface area contributed by atoms with Crippen molar-refractivity contribution in [2.75, 3.05) is 0 Å². The molecule has 1 aromatic rings. The van der Waals surface area contributed by atoms with Crippen molar-refractivity contribution < 1.29 is 4.79 Å². The first kappa shape index (κ1) is 22.9. The molecule has 0 saturated heterocycles. The fourth-order valence-electron chi connectivity index (χ4n) is 2.66. The van der Waals surface area contributed by atoms with Gasteiger partial charge in [-0.15, -0.1) is 9.24 Å². The zero-order chi connectivity index (χ0) is 17.2. The van der Waals surface area contributed by atoms with Gasteiger partial charge in [-0.1, -0.05) is 60.6 Å². The van der Waals surface area contributed by atoms with Gasteiger partial charge in [0, 0.05) is 10.7 Å². The summed E-state index contributed by atoms with van der Waals surface area (Å²) >= 11 is 0. The predicted octanol–water partition coefficient (Wildman–Crippen LogP) is 5.63. The van der Waals surface area contributed by atoms with Crippen LogP contribution < -0.4 is 0 Å². The van der Waals surface area contributed by atoms with Crippen LogP contribution in [0.3, 0.4) is 0 Å². The van der Waals surface area contributed by atoms with E-state index in [0.717, 1.165) is 12.0 Å². The Kier molecular flexibility index (Phi) is 8.82. The van der Waals surface area contributed by atoms with E-state index in [4.69, 9.17) is 0 Å². The molecule has 0 amide bonds. The summed E-state index contributed by atoms with van der Waals surface area (Å²) in [7, 11) is 2.77. The van der Waals surface area contributed by atoms with E-state index in [1.807, 2.05) is 6.92 Å². The van der Waals surface area contributed by atoms with Crippen molar-refractivity contribution in [1.82, 2.24) is 0 Å². The molecule has 1 aromatic carbocycles. The van der Waals surface area contributed by atoms with Gasteiger partial charge in [-0.25, -0.2) is 0 Å². The van der Waals surface area contributed by atoms with Gasteiger partial charge in [-0.05, 0) is 47.8 Å². The van der Waals surface area contributed by atoms with Crippen LogP contribution in [0.2, 0.25) is 0 Å². The number of hydrogen-bond acceptors (Lipinski definition) is 1. The van der Waals surface area contributed by atoms with E-state index >= 15 is 0 Å². The van der Waals surface area contributed by atoms with Crippen LogP contribution in [0.5, 0.6) is 0 Å². The second-order valence-corrected chi connectivity index (χ2v) is 8.91. The van der Waals surface area contributed by atoms with Crippen LogP contribution in [0.15, 0.2) is 12.1 Å². The number of carbonyl (C=O) groups is 1. The molecular formula is C20H34LiOP. The molecule has 0 aliphatic heterocycles. The van der Waals surface area contributed by atoms with Crippen molar-refractivity contribution in [3.63, 3.8) is 0 Å². The maximum absolute atomic E-state index is 13.2. The molecule has 0 spiro atoms. The number of carbonyl (C=O) groups excluding carboxylic acids is 1. The van der Waals surface area contributed by atoms with Crippen molar-refractivity contribution >= 4 is 33.9 Å². The van der Waals surface area contributed by atoms with E-state index < -0.39 is 0 Å². The minimum absolute atomic E-state index is 0. The first-order valence-electron chi connectivity index (χ1n) is 8.54. The second-order valence-electron chi connectivity index (χ2n) is 7.64. The quantitative estimate of drug-likeness (QED) is 0.375. The number of hydrogen-bond donors (Lipinski definition) is 0. The number of benzene rings is 1. The summed E-state index contributed by atoms with van der Waals surface area (Å²) in [4.78, 5) is 13.2. The van der Waals surface area contributed by atoms with Crippen LogP contribution in [-0.4, -0.2) is 29.8 Å². The molecule has 2 unspecified atom stereocenters. The average molecular weight is 328 g/mol. The maximum atomic E-state index is 13.2. The zero-order valence-electron chi connectivity index (χ0n) is 15.6. The Balaban J connectivity index is 0.00000484. The Morgan fingerprint density at radius 1 is 1.00 bits per heavy atom. The minimum atomic E-state index is -0.382. The summed E-state index contributed by atoms with van der Waals surface area (Å²) < 4.78 is 0. The molecule has 2 atom stereocenters. The van der Waals surface area contributed by atoms with Gasteiger partial charge in [0.25, 0.3) is 0 Å². The Bertz CT molecular complexity index is 516. The van der Waals surface area contributed by atoms with Gasteiger partial charge in [0.1, 0.15) is 0 Å². The molecule has 1 nitrogen and oxygen atoms in total. The third-order valence-corrected chi connectivity index (χ3v) is 5.28. The normalized spacial score (nSPS) is 14.1. The molecule has 0 aliphatic carbocycles. The van der Waals surface area contributed by atoms with Crippen LogP contribution >= 0.6 is 9.24 Å². The van der Waals surface area contributed by atoms with E-state index in [0.29, 0.717) is 17.8 Å². The molecule has 1 rings (SSSR count). The summed E-state index contributed by atoms with van der Waals surface area (Å²) in [5.41, 5.74) is 4.73. The third-order valence-electron chi connectivity index (χ3n) is 4.61. The Morgan fingerprint density at radius 2 is 1.39 bits per heavy atom. The SMILES string of the molecule is CCC(C)(P)C(=O)c1c(C(C)C)cc(C(C)C)cc1C(C)C.[LiH]. The molecular weight excluding hydrogens is 294 g/mol. The molecule has 0 fully saturated rings. The van der Waals surface area contributed by atoms with Gasteiger partial charge in [0.15, 0.2) is 5.78 Å². The van der Waals surface area contributed by atoms with Gasteiger partial charge in [-0.3, -0.25) is 4.79 Å². The van der Waals surface area contributed by atoms with Crippen molar-refractivity contribution in [3.8, 4) is 0 Å². The van der Waals surface area contributed by atoms with Crippen molar-refractivity contribution in [1.29, 1.82) is 0 Å². The monoisotopic (exact) mass is 328 g/mol. The van der Waals surface area contributed by atoms with Gasteiger partial charge < -0.3 is 0 Å². The molecule has 23 heavy (non-hydrogen) atoms. The predicted molar refractivity (Wildman–Crippen MR) is 109 cm³/mol. The standard InChI is InChI=1S/C20H33OP.Li.H/c1-9-20(8,22)19(21)18-16(13(4)5)10-15(12(2)3)11-17(18)14(6)7;;/h10-14H,9,22H2,1-8H3;;.